The molecular formula is C25H26N2O4S. The highest BCUT2D eigenvalue weighted by atomic mass is 32.2. The molecule has 1 aliphatic heterocycles. The SMILES string of the molecule is Cc1ccc(C(C)NC(=O)C2CN(S(=O)(=O)c3ccc(C)cc3)c3ccccc3O2)cc1. The third-order valence-electron chi connectivity index (χ3n) is 5.57. The van der Waals surface area contributed by atoms with E-state index in [1.165, 1.54) is 4.31 Å². The van der Waals surface area contributed by atoms with Crippen molar-refractivity contribution in [3.05, 3.63) is 89.5 Å². The monoisotopic (exact) mass is 450 g/mol. The van der Waals surface area contributed by atoms with Gasteiger partial charge in [0.25, 0.3) is 15.9 Å². The number of carbonyl (C=O) groups excluding carboxylic acids is 1. The van der Waals surface area contributed by atoms with Gasteiger partial charge in [-0.2, -0.15) is 0 Å². The number of hydrogen-bond donors (Lipinski definition) is 1. The van der Waals surface area contributed by atoms with Crippen LogP contribution in [0, 0.1) is 13.8 Å². The summed E-state index contributed by atoms with van der Waals surface area (Å²) in [7, 11) is -3.87. The van der Waals surface area contributed by atoms with Crippen LogP contribution in [-0.2, 0) is 14.8 Å². The lowest BCUT2D eigenvalue weighted by Gasteiger charge is -2.35. The highest BCUT2D eigenvalue weighted by molar-refractivity contribution is 7.92. The van der Waals surface area contributed by atoms with Gasteiger partial charge in [0.1, 0.15) is 5.75 Å². The van der Waals surface area contributed by atoms with Crippen molar-refractivity contribution in [2.24, 2.45) is 0 Å². The molecule has 0 fully saturated rings. The Hall–Kier alpha value is -3.32. The molecular weight excluding hydrogens is 424 g/mol. The molecule has 0 aliphatic carbocycles. The van der Waals surface area contributed by atoms with Crippen molar-refractivity contribution in [3.63, 3.8) is 0 Å². The van der Waals surface area contributed by atoms with Gasteiger partial charge in [-0.25, -0.2) is 8.42 Å². The Bertz CT molecular complexity index is 1220. The third kappa shape index (κ3) is 4.34. The fourth-order valence-corrected chi connectivity index (χ4v) is 5.12. The van der Waals surface area contributed by atoms with E-state index >= 15 is 0 Å². The number of aryl methyl sites for hydroxylation is 2. The third-order valence-corrected chi connectivity index (χ3v) is 7.37. The van der Waals surface area contributed by atoms with E-state index in [4.69, 9.17) is 4.74 Å². The van der Waals surface area contributed by atoms with E-state index in [2.05, 4.69) is 5.32 Å². The fraction of sp³-hybridized carbons (Fsp3) is 0.240. The van der Waals surface area contributed by atoms with Crippen molar-refractivity contribution in [3.8, 4) is 5.75 Å². The second kappa shape index (κ2) is 8.67. The van der Waals surface area contributed by atoms with Crippen LogP contribution in [0.15, 0.2) is 77.7 Å². The number of sulfonamides is 1. The van der Waals surface area contributed by atoms with Crippen LogP contribution >= 0.6 is 0 Å². The van der Waals surface area contributed by atoms with Gasteiger partial charge in [-0.3, -0.25) is 9.10 Å². The number of anilines is 1. The molecule has 0 aromatic heterocycles. The number of rotatable bonds is 5. The fourth-order valence-electron chi connectivity index (χ4n) is 3.65. The van der Waals surface area contributed by atoms with Crippen LogP contribution in [0.4, 0.5) is 5.69 Å². The predicted molar refractivity (Wildman–Crippen MR) is 124 cm³/mol. The molecule has 2 unspecified atom stereocenters. The minimum atomic E-state index is -3.87. The predicted octanol–water partition coefficient (Wildman–Crippen LogP) is 4.14. The first-order valence-corrected chi connectivity index (χ1v) is 11.9. The van der Waals surface area contributed by atoms with Crippen molar-refractivity contribution < 1.29 is 17.9 Å². The first-order chi connectivity index (χ1) is 15.3. The van der Waals surface area contributed by atoms with Crippen molar-refractivity contribution in [2.45, 2.75) is 37.8 Å². The van der Waals surface area contributed by atoms with Crippen LogP contribution in [0.25, 0.3) is 0 Å². The second-order valence-corrected chi connectivity index (χ2v) is 9.93. The highest BCUT2D eigenvalue weighted by Crippen LogP contribution is 2.37. The zero-order valence-corrected chi connectivity index (χ0v) is 19.1. The average molecular weight is 451 g/mol. The topological polar surface area (TPSA) is 75.7 Å². The van der Waals surface area contributed by atoms with Crippen molar-refractivity contribution in [1.82, 2.24) is 5.32 Å². The molecule has 0 saturated heterocycles. The van der Waals surface area contributed by atoms with Crippen LogP contribution in [0.3, 0.4) is 0 Å². The van der Waals surface area contributed by atoms with Crippen LogP contribution in [0.1, 0.15) is 29.7 Å². The standard InChI is InChI=1S/C25H26N2O4S/c1-17-8-12-20(13-9-17)19(3)26-25(28)24-16-27(22-6-4-5-7-23(22)31-24)32(29,30)21-14-10-18(2)11-15-21/h4-15,19,24H,16H2,1-3H3,(H,26,28). The van der Waals surface area contributed by atoms with Crippen LogP contribution in [-0.4, -0.2) is 27.0 Å². The Labute approximate surface area is 188 Å². The van der Waals surface area contributed by atoms with E-state index < -0.39 is 16.1 Å². The van der Waals surface area contributed by atoms with Gasteiger partial charge in [0.15, 0.2) is 6.10 Å². The number of hydrogen-bond acceptors (Lipinski definition) is 4. The van der Waals surface area contributed by atoms with Crippen LogP contribution in [0.2, 0.25) is 0 Å². The molecule has 7 heteroatoms. The lowest BCUT2D eigenvalue weighted by molar-refractivity contribution is -0.128. The summed E-state index contributed by atoms with van der Waals surface area (Å²) >= 11 is 0. The van der Waals surface area contributed by atoms with Crippen LogP contribution < -0.4 is 14.4 Å². The second-order valence-electron chi connectivity index (χ2n) is 8.06. The van der Waals surface area contributed by atoms with E-state index in [9.17, 15) is 13.2 Å². The Morgan fingerprint density at radius 3 is 2.22 bits per heavy atom. The molecule has 0 spiro atoms. The summed E-state index contributed by atoms with van der Waals surface area (Å²) in [6.07, 6.45) is -0.974. The molecule has 3 aromatic carbocycles. The van der Waals surface area contributed by atoms with Gasteiger partial charge in [0, 0.05) is 0 Å². The summed E-state index contributed by atoms with van der Waals surface area (Å²) in [5.41, 5.74) is 3.48. The van der Waals surface area contributed by atoms with E-state index in [1.807, 2.05) is 45.0 Å². The molecule has 1 amide bonds. The van der Waals surface area contributed by atoms with Gasteiger partial charge in [-0.05, 0) is 50.6 Å². The zero-order valence-electron chi connectivity index (χ0n) is 18.3. The molecule has 2 atom stereocenters. The van der Waals surface area contributed by atoms with E-state index in [0.29, 0.717) is 11.4 Å². The van der Waals surface area contributed by atoms with Crippen molar-refractivity contribution in [1.29, 1.82) is 0 Å². The van der Waals surface area contributed by atoms with Gasteiger partial charge in [0.2, 0.25) is 0 Å². The average Bonchev–Trinajstić information content (AvgIpc) is 2.79. The molecule has 0 radical (unpaired) electrons. The number of fused-ring (bicyclic) bond motifs is 1. The molecule has 1 heterocycles. The molecule has 0 bridgehead atoms. The van der Waals surface area contributed by atoms with Gasteiger partial charge >= 0.3 is 0 Å². The van der Waals surface area contributed by atoms with Gasteiger partial charge in [-0.15, -0.1) is 0 Å². The molecule has 4 rings (SSSR count). The lowest BCUT2D eigenvalue weighted by atomic mass is 10.1. The van der Waals surface area contributed by atoms with Gasteiger partial charge in [0.05, 0.1) is 23.2 Å². The maximum absolute atomic E-state index is 13.4. The van der Waals surface area contributed by atoms with Gasteiger partial charge in [-0.1, -0.05) is 59.7 Å². The van der Waals surface area contributed by atoms with Crippen LogP contribution in [0.5, 0.6) is 5.75 Å². The summed E-state index contributed by atoms with van der Waals surface area (Å²) in [6, 6.07) is 21.2. The molecule has 6 nitrogen and oxygen atoms in total. The minimum Gasteiger partial charge on any atom is -0.476 e. The molecule has 32 heavy (non-hydrogen) atoms. The number of carbonyl (C=O) groups is 1. The normalized spacial score (nSPS) is 16.6. The number of nitrogens with one attached hydrogen (secondary N) is 1. The Morgan fingerprint density at radius 2 is 1.56 bits per heavy atom. The van der Waals surface area contributed by atoms with E-state index in [-0.39, 0.29) is 23.4 Å². The summed E-state index contributed by atoms with van der Waals surface area (Å²) in [4.78, 5) is 13.2. The molecule has 3 aromatic rings. The summed E-state index contributed by atoms with van der Waals surface area (Å²) < 4.78 is 34.1. The minimum absolute atomic E-state index is 0.111. The first kappa shape index (κ1) is 21.9. The summed E-state index contributed by atoms with van der Waals surface area (Å²) in [6.45, 7) is 5.68. The molecule has 166 valence electrons. The zero-order chi connectivity index (χ0) is 22.9. The first-order valence-electron chi connectivity index (χ1n) is 10.5. The molecule has 1 N–H and O–H groups in total. The molecule has 0 saturated carbocycles. The Balaban J connectivity index is 1.61. The smallest absolute Gasteiger partial charge is 0.264 e. The van der Waals surface area contributed by atoms with E-state index in [1.54, 1.807) is 48.5 Å². The number of ether oxygens (including phenoxy) is 1. The maximum Gasteiger partial charge on any atom is 0.264 e. The largest absolute Gasteiger partial charge is 0.476 e. The van der Waals surface area contributed by atoms with Crippen molar-refractivity contribution >= 4 is 21.6 Å². The lowest BCUT2D eigenvalue weighted by Crippen LogP contribution is -2.51. The molecule has 1 aliphatic rings. The number of benzene rings is 3. The summed E-state index contributed by atoms with van der Waals surface area (Å²) in [5, 5.41) is 2.95. The van der Waals surface area contributed by atoms with Crippen molar-refractivity contribution in [2.75, 3.05) is 10.8 Å². The maximum atomic E-state index is 13.4. The Kier molecular flexibility index (Phi) is 5.93. The van der Waals surface area contributed by atoms with Gasteiger partial charge < -0.3 is 10.1 Å². The highest BCUT2D eigenvalue weighted by Gasteiger charge is 2.37. The summed E-state index contributed by atoms with van der Waals surface area (Å²) in [5.74, 6) is -0.00531. The number of nitrogens with zero attached hydrogens (tertiary/aromatic N) is 1. The number of amides is 1. The Morgan fingerprint density at radius 1 is 0.969 bits per heavy atom. The quantitative estimate of drug-likeness (QED) is 0.634. The number of para-hydroxylation sites is 2. The van der Waals surface area contributed by atoms with E-state index in [0.717, 1.165) is 16.7 Å².